The van der Waals surface area contributed by atoms with Crippen molar-refractivity contribution in [2.24, 2.45) is 11.8 Å². The SMILES string of the molecule is C[C@@H]1C[C@H](C)CN(C(=O)C2c3ccccc3Oc3ccccc32)C1. The summed E-state index contributed by atoms with van der Waals surface area (Å²) in [5, 5.41) is 0. The van der Waals surface area contributed by atoms with Crippen LogP contribution in [0.15, 0.2) is 48.5 Å². The predicted octanol–water partition coefficient (Wildman–Crippen LogP) is 4.43. The molecule has 124 valence electrons. The molecule has 0 radical (unpaired) electrons. The Labute approximate surface area is 143 Å². The number of nitrogens with zero attached hydrogens (tertiary/aromatic N) is 1. The van der Waals surface area contributed by atoms with Crippen LogP contribution in [-0.4, -0.2) is 23.9 Å². The zero-order valence-corrected chi connectivity index (χ0v) is 14.2. The fraction of sp³-hybridized carbons (Fsp3) is 0.381. The van der Waals surface area contributed by atoms with Crippen LogP contribution < -0.4 is 4.74 Å². The van der Waals surface area contributed by atoms with Gasteiger partial charge in [-0.2, -0.15) is 0 Å². The third kappa shape index (κ3) is 2.58. The average molecular weight is 321 g/mol. The maximum Gasteiger partial charge on any atom is 0.234 e. The molecular weight excluding hydrogens is 298 g/mol. The number of piperidine rings is 1. The molecule has 0 spiro atoms. The Kier molecular flexibility index (Phi) is 3.79. The van der Waals surface area contributed by atoms with Crippen LogP contribution in [0.5, 0.6) is 11.5 Å². The van der Waals surface area contributed by atoms with Crippen LogP contribution in [0.1, 0.15) is 37.3 Å². The van der Waals surface area contributed by atoms with Crippen molar-refractivity contribution >= 4 is 5.91 Å². The number of fused-ring (bicyclic) bond motifs is 2. The van der Waals surface area contributed by atoms with Crippen LogP contribution in [0.25, 0.3) is 0 Å². The molecule has 0 saturated carbocycles. The third-order valence-corrected chi connectivity index (χ3v) is 5.11. The van der Waals surface area contributed by atoms with Crippen molar-refractivity contribution in [3.8, 4) is 11.5 Å². The molecule has 2 aromatic carbocycles. The largest absolute Gasteiger partial charge is 0.457 e. The first kappa shape index (κ1) is 15.3. The number of amides is 1. The Balaban J connectivity index is 1.75. The molecule has 24 heavy (non-hydrogen) atoms. The first-order valence-corrected chi connectivity index (χ1v) is 8.78. The van der Waals surface area contributed by atoms with Crippen molar-refractivity contribution < 1.29 is 9.53 Å². The highest BCUT2D eigenvalue weighted by atomic mass is 16.5. The van der Waals surface area contributed by atoms with Crippen molar-refractivity contribution in [3.05, 3.63) is 59.7 Å². The van der Waals surface area contributed by atoms with E-state index in [-0.39, 0.29) is 11.8 Å². The van der Waals surface area contributed by atoms with Gasteiger partial charge in [-0.1, -0.05) is 50.2 Å². The van der Waals surface area contributed by atoms with Gasteiger partial charge in [-0.15, -0.1) is 0 Å². The van der Waals surface area contributed by atoms with Gasteiger partial charge in [0.05, 0.1) is 5.92 Å². The lowest BCUT2D eigenvalue weighted by Crippen LogP contribution is -2.45. The van der Waals surface area contributed by atoms with Gasteiger partial charge in [-0.05, 0) is 30.4 Å². The smallest absolute Gasteiger partial charge is 0.234 e. The zero-order chi connectivity index (χ0) is 16.7. The zero-order valence-electron chi connectivity index (χ0n) is 14.2. The topological polar surface area (TPSA) is 29.5 Å². The molecule has 1 saturated heterocycles. The summed E-state index contributed by atoms with van der Waals surface area (Å²) in [7, 11) is 0. The lowest BCUT2D eigenvalue weighted by atomic mass is 9.85. The van der Waals surface area contributed by atoms with Crippen molar-refractivity contribution in [2.45, 2.75) is 26.2 Å². The Morgan fingerprint density at radius 3 is 1.96 bits per heavy atom. The molecule has 1 amide bonds. The molecule has 2 aromatic rings. The minimum atomic E-state index is -0.261. The molecule has 0 aromatic heterocycles. The molecule has 2 aliphatic heterocycles. The van der Waals surface area contributed by atoms with E-state index in [4.69, 9.17) is 4.74 Å². The standard InChI is InChI=1S/C21H23NO2/c1-14-11-15(2)13-22(12-14)21(23)20-16-7-3-5-9-18(16)24-19-10-6-4-8-17(19)20/h3-10,14-15,20H,11-13H2,1-2H3/t14-,15+. The van der Waals surface area contributed by atoms with Crippen molar-refractivity contribution in [3.63, 3.8) is 0 Å². The maximum absolute atomic E-state index is 13.4. The highest BCUT2D eigenvalue weighted by Crippen LogP contribution is 2.45. The first-order valence-electron chi connectivity index (χ1n) is 8.78. The number of ether oxygens (including phenoxy) is 1. The van der Waals surface area contributed by atoms with Gasteiger partial charge in [0.2, 0.25) is 5.91 Å². The highest BCUT2D eigenvalue weighted by Gasteiger charge is 2.37. The van der Waals surface area contributed by atoms with Gasteiger partial charge in [-0.25, -0.2) is 0 Å². The second-order valence-electron chi connectivity index (χ2n) is 7.30. The van der Waals surface area contributed by atoms with Gasteiger partial charge in [-0.3, -0.25) is 4.79 Å². The van der Waals surface area contributed by atoms with E-state index in [0.29, 0.717) is 11.8 Å². The molecule has 0 unspecified atom stereocenters. The highest BCUT2D eigenvalue weighted by molar-refractivity contribution is 5.89. The van der Waals surface area contributed by atoms with Gasteiger partial charge in [0.15, 0.2) is 0 Å². The number of likely N-dealkylation sites (tertiary alicyclic amines) is 1. The molecule has 3 nitrogen and oxygen atoms in total. The van der Waals surface area contributed by atoms with Crippen LogP contribution >= 0.6 is 0 Å². The molecule has 0 bridgehead atoms. The predicted molar refractivity (Wildman–Crippen MR) is 94.3 cm³/mol. The van der Waals surface area contributed by atoms with E-state index in [0.717, 1.165) is 35.7 Å². The second kappa shape index (κ2) is 5.97. The quantitative estimate of drug-likeness (QED) is 0.777. The lowest BCUT2D eigenvalue weighted by molar-refractivity contribution is -0.134. The van der Waals surface area contributed by atoms with E-state index >= 15 is 0 Å². The van der Waals surface area contributed by atoms with E-state index in [2.05, 4.69) is 18.7 Å². The maximum atomic E-state index is 13.4. The van der Waals surface area contributed by atoms with Gasteiger partial charge in [0, 0.05) is 24.2 Å². The number of para-hydroxylation sites is 2. The Morgan fingerprint density at radius 1 is 0.917 bits per heavy atom. The summed E-state index contributed by atoms with van der Waals surface area (Å²) in [6.07, 6.45) is 1.20. The number of rotatable bonds is 1. The van der Waals surface area contributed by atoms with Crippen molar-refractivity contribution in [2.75, 3.05) is 13.1 Å². The Hall–Kier alpha value is -2.29. The summed E-state index contributed by atoms with van der Waals surface area (Å²) < 4.78 is 6.02. The van der Waals surface area contributed by atoms with E-state index in [1.54, 1.807) is 0 Å². The Morgan fingerprint density at radius 2 is 1.42 bits per heavy atom. The Bertz CT molecular complexity index is 714. The van der Waals surface area contributed by atoms with E-state index < -0.39 is 0 Å². The lowest BCUT2D eigenvalue weighted by Gasteiger charge is -2.38. The van der Waals surface area contributed by atoms with Crippen LogP contribution in [-0.2, 0) is 4.79 Å². The number of carbonyl (C=O) groups excluding carboxylic acids is 1. The summed E-state index contributed by atoms with van der Waals surface area (Å²) in [6, 6.07) is 15.8. The first-order chi connectivity index (χ1) is 11.6. The molecule has 2 heterocycles. The van der Waals surface area contributed by atoms with Gasteiger partial charge >= 0.3 is 0 Å². The van der Waals surface area contributed by atoms with Gasteiger partial charge < -0.3 is 9.64 Å². The summed E-state index contributed by atoms with van der Waals surface area (Å²) in [6.45, 7) is 6.18. The molecule has 3 heteroatoms. The van der Waals surface area contributed by atoms with Crippen LogP contribution in [0.2, 0.25) is 0 Å². The van der Waals surface area contributed by atoms with Crippen LogP contribution in [0.3, 0.4) is 0 Å². The van der Waals surface area contributed by atoms with Crippen molar-refractivity contribution in [1.82, 2.24) is 4.90 Å². The van der Waals surface area contributed by atoms with Crippen LogP contribution in [0, 0.1) is 11.8 Å². The molecule has 0 N–H and O–H groups in total. The molecule has 4 rings (SSSR count). The molecule has 2 aliphatic rings. The van der Waals surface area contributed by atoms with Gasteiger partial charge in [0.1, 0.15) is 11.5 Å². The fourth-order valence-electron chi connectivity index (χ4n) is 4.20. The minimum Gasteiger partial charge on any atom is -0.457 e. The fourth-order valence-corrected chi connectivity index (χ4v) is 4.20. The van der Waals surface area contributed by atoms with E-state index in [1.807, 2.05) is 48.5 Å². The molecular formula is C21H23NO2. The van der Waals surface area contributed by atoms with Crippen molar-refractivity contribution in [1.29, 1.82) is 0 Å². The number of hydrogen-bond donors (Lipinski definition) is 0. The number of hydrogen-bond acceptors (Lipinski definition) is 2. The molecule has 0 aliphatic carbocycles. The average Bonchev–Trinajstić information content (AvgIpc) is 2.58. The molecule has 2 atom stereocenters. The normalized spacial score (nSPS) is 23.2. The third-order valence-electron chi connectivity index (χ3n) is 5.11. The summed E-state index contributed by atoms with van der Waals surface area (Å²) in [5.41, 5.74) is 1.96. The molecule has 1 fully saturated rings. The summed E-state index contributed by atoms with van der Waals surface area (Å²) in [4.78, 5) is 15.5. The summed E-state index contributed by atoms with van der Waals surface area (Å²) >= 11 is 0. The minimum absolute atomic E-state index is 0.205. The number of benzene rings is 2. The van der Waals surface area contributed by atoms with Gasteiger partial charge in [0.25, 0.3) is 0 Å². The second-order valence-corrected chi connectivity index (χ2v) is 7.30. The summed E-state index contributed by atoms with van der Waals surface area (Å²) in [5.74, 6) is 2.66. The number of carbonyl (C=O) groups is 1. The van der Waals surface area contributed by atoms with E-state index in [1.165, 1.54) is 6.42 Å². The van der Waals surface area contributed by atoms with E-state index in [9.17, 15) is 4.79 Å². The van der Waals surface area contributed by atoms with Crippen LogP contribution in [0.4, 0.5) is 0 Å². The monoisotopic (exact) mass is 321 g/mol.